The summed E-state index contributed by atoms with van der Waals surface area (Å²) in [5, 5.41) is 55.3. The van der Waals surface area contributed by atoms with E-state index >= 15 is 0 Å². The summed E-state index contributed by atoms with van der Waals surface area (Å²) in [6.45, 7) is 2.78. The zero-order chi connectivity index (χ0) is 20.6. The topological polar surface area (TPSA) is 158 Å². The lowest BCUT2D eigenvalue weighted by atomic mass is 9.73. The second-order valence-corrected chi connectivity index (χ2v) is 8.16. The summed E-state index contributed by atoms with van der Waals surface area (Å²) >= 11 is 0. The molecule has 0 spiro atoms. The first kappa shape index (κ1) is 21.8. The molecule has 6 saturated heterocycles. The van der Waals surface area contributed by atoms with Crippen molar-refractivity contribution in [2.24, 2.45) is 5.92 Å². The van der Waals surface area contributed by atoms with Crippen molar-refractivity contribution in [3.63, 3.8) is 0 Å². The Morgan fingerprint density at radius 2 is 1.79 bits per heavy atom. The van der Waals surface area contributed by atoms with Crippen LogP contribution in [-0.2, 0) is 19.0 Å². The molecule has 0 aliphatic carbocycles. The molecule has 10 nitrogen and oxygen atoms in total. The standard InChI is InChI=1S/C18H31NO9/c1-8(21)19-6-9-15-13(23)14(24)16(27-9)11-10(7-20)28-18(2,4-3-5-26-15)17(25)12(11)22/h9-17,20,22-25H,3-7H2,1-2H3,(H,19,21)/t9-,10-,11?,12+,13-,14-,15-,16-,17-,18+/m1/s1. The molecule has 0 radical (unpaired) electrons. The summed E-state index contributed by atoms with van der Waals surface area (Å²) in [6.07, 6.45) is -8.31. The normalized spacial score (nSPS) is 49.3. The van der Waals surface area contributed by atoms with Gasteiger partial charge in [-0.3, -0.25) is 4.79 Å². The molecule has 6 heterocycles. The predicted octanol–water partition coefficient (Wildman–Crippen LogP) is -2.72. The van der Waals surface area contributed by atoms with Crippen LogP contribution in [0.25, 0.3) is 0 Å². The van der Waals surface area contributed by atoms with Crippen molar-refractivity contribution in [2.45, 2.75) is 81.1 Å². The minimum absolute atomic E-state index is 0.0357. The monoisotopic (exact) mass is 405 g/mol. The highest BCUT2D eigenvalue weighted by molar-refractivity contribution is 5.72. The molecule has 162 valence electrons. The van der Waals surface area contributed by atoms with E-state index in [1.165, 1.54) is 6.92 Å². The van der Waals surface area contributed by atoms with E-state index in [-0.39, 0.29) is 19.1 Å². The molecule has 28 heavy (non-hydrogen) atoms. The fourth-order valence-corrected chi connectivity index (χ4v) is 4.60. The quantitative estimate of drug-likeness (QED) is 0.293. The minimum Gasteiger partial charge on any atom is -0.394 e. The van der Waals surface area contributed by atoms with E-state index in [4.69, 9.17) is 14.2 Å². The summed E-state index contributed by atoms with van der Waals surface area (Å²) in [5.41, 5.74) is -1.09. The number of hydrogen-bond acceptors (Lipinski definition) is 9. The van der Waals surface area contributed by atoms with Crippen molar-refractivity contribution in [3.8, 4) is 0 Å². The van der Waals surface area contributed by atoms with Crippen LogP contribution >= 0.6 is 0 Å². The Balaban J connectivity index is 1.97. The molecule has 6 aliphatic rings. The Bertz CT molecular complexity index is 561. The van der Waals surface area contributed by atoms with Gasteiger partial charge in [-0.2, -0.15) is 0 Å². The van der Waals surface area contributed by atoms with Gasteiger partial charge in [-0.25, -0.2) is 0 Å². The number of amides is 1. The third kappa shape index (κ3) is 3.92. The highest BCUT2D eigenvalue weighted by Gasteiger charge is 2.58. The number of carbonyl (C=O) groups excluding carboxylic acids is 1. The number of aliphatic hydroxyl groups is 5. The predicted molar refractivity (Wildman–Crippen MR) is 94.2 cm³/mol. The Hall–Kier alpha value is -0.850. The third-order valence-corrected chi connectivity index (χ3v) is 6.15. The van der Waals surface area contributed by atoms with Crippen LogP contribution in [0.1, 0.15) is 26.7 Å². The first-order chi connectivity index (χ1) is 13.2. The number of aliphatic hydroxyl groups excluding tert-OH is 5. The molecule has 0 saturated carbocycles. The Morgan fingerprint density at radius 3 is 2.43 bits per heavy atom. The van der Waals surface area contributed by atoms with Crippen LogP contribution in [0.2, 0.25) is 0 Å². The molecule has 0 aromatic heterocycles. The average molecular weight is 405 g/mol. The molecule has 4 bridgehead atoms. The van der Waals surface area contributed by atoms with Gasteiger partial charge in [0.1, 0.15) is 30.5 Å². The van der Waals surface area contributed by atoms with Crippen LogP contribution in [0, 0.1) is 5.92 Å². The molecule has 0 aromatic rings. The first-order valence-corrected chi connectivity index (χ1v) is 9.72. The van der Waals surface area contributed by atoms with Crippen LogP contribution < -0.4 is 5.32 Å². The van der Waals surface area contributed by atoms with Gasteiger partial charge in [0.25, 0.3) is 0 Å². The van der Waals surface area contributed by atoms with Gasteiger partial charge in [-0.05, 0) is 19.8 Å². The summed E-state index contributed by atoms with van der Waals surface area (Å²) in [4.78, 5) is 11.3. The van der Waals surface area contributed by atoms with E-state index in [2.05, 4.69) is 5.32 Å². The maximum atomic E-state index is 11.3. The van der Waals surface area contributed by atoms with E-state index in [1.54, 1.807) is 6.92 Å². The van der Waals surface area contributed by atoms with Gasteiger partial charge in [-0.15, -0.1) is 0 Å². The number of nitrogens with one attached hydrogen (secondary N) is 1. The first-order valence-electron chi connectivity index (χ1n) is 9.72. The lowest BCUT2D eigenvalue weighted by Crippen LogP contribution is -2.70. The minimum atomic E-state index is -1.44. The molecular formula is C18H31NO9. The third-order valence-electron chi connectivity index (χ3n) is 6.15. The maximum absolute atomic E-state index is 11.3. The fourth-order valence-electron chi connectivity index (χ4n) is 4.60. The van der Waals surface area contributed by atoms with Gasteiger partial charge in [0.05, 0.1) is 30.5 Å². The second-order valence-electron chi connectivity index (χ2n) is 8.16. The summed E-state index contributed by atoms with van der Waals surface area (Å²) < 4.78 is 17.7. The van der Waals surface area contributed by atoms with Crippen LogP contribution in [0.4, 0.5) is 0 Å². The molecule has 1 amide bonds. The van der Waals surface area contributed by atoms with Crippen molar-refractivity contribution in [1.29, 1.82) is 0 Å². The number of carbonyl (C=O) groups is 1. The highest BCUT2D eigenvalue weighted by Crippen LogP contribution is 2.42. The molecule has 1 unspecified atom stereocenters. The van der Waals surface area contributed by atoms with Gasteiger partial charge >= 0.3 is 0 Å². The van der Waals surface area contributed by atoms with Crippen molar-refractivity contribution < 1.29 is 44.5 Å². The number of rotatable bonds is 3. The zero-order valence-corrected chi connectivity index (χ0v) is 16.1. The smallest absolute Gasteiger partial charge is 0.216 e. The molecule has 6 rings (SSSR count). The molecular weight excluding hydrogens is 374 g/mol. The van der Waals surface area contributed by atoms with E-state index in [9.17, 15) is 30.3 Å². The highest BCUT2D eigenvalue weighted by atomic mass is 16.6. The summed E-state index contributed by atoms with van der Waals surface area (Å²) in [6, 6.07) is 0. The lowest BCUT2D eigenvalue weighted by molar-refractivity contribution is -0.312. The Labute approximate surface area is 163 Å². The number of hydrogen-bond donors (Lipinski definition) is 6. The molecule has 10 heteroatoms. The average Bonchev–Trinajstić information content (AvgIpc) is 2.65. The van der Waals surface area contributed by atoms with Crippen molar-refractivity contribution >= 4 is 5.91 Å². The van der Waals surface area contributed by atoms with Crippen LogP contribution in [0.5, 0.6) is 0 Å². The van der Waals surface area contributed by atoms with Gasteiger partial charge in [0.15, 0.2) is 0 Å². The van der Waals surface area contributed by atoms with Crippen LogP contribution in [-0.4, -0.2) is 106 Å². The van der Waals surface area contributed by atoms with Gasteiger partial charge in [0.2, 0.25) is 5.91 Å². The lowest BCUT2D eigenvalue weighted by Gasteiger charge is -2.54. The second kappa shape index (κ2) is 8.49. The van der Waals surface area contributed by atoms with E-state index < -0.39 is 67.0 Å². The van der Waals surface area contributed by atoms with Gasteiger partial charge < -0.3 is 45.1 Å². The molecule has 6 N–H and O–H groups in total. The summed E-state index contributed by atoms with van der Waals surface area (Å²) in [7, 11) is 0. The molecule has 10 atom stereocenters. The SMILES string of the molecule is CC(=O)NC[C@H]1O[C@@H]2C3[C@@H](CO)O[C@@](C)(CCCO[C@H]1[C@H](O)[C@H]2O)[C@H](O)[C@H]3O. The van der Waals surface area contributed by atoms with Crippen molar-refractivity contribution in [2.75, 3.05) is 19.8 Å². The fraction of sp³-hybridized carbons (Fsp3) is 0.944. The largest absolute Gasteiger partial charge is 0.394 e. The van der Waals surface area contributed by atoms with Crippen molar-refractivity contribution in [3.05, 3.63) is 0 Å². The summed E-state index contributed by atoms with van der Waals surface area (Å²) in [5.74, 6) is -1.28. The van der Waals surface area contributed by atoms with E-state index in [0.717, 1.165) is 0 Å². The zero-order valence-electron chi connectivity index (χ0n) is 16.1. The van der Waals surface area contributed by atoms with E-state index in [1.807, 2.05) is 0 Å². The molecule has 6 aliphatic heterocycles. The Morgan fingerprint density at radius 1 is 1.11 bits per heavy atom. The van der Waals surface area contributed by atoms with Crippen LogP contribution in [0.3, 0.4) is 0 Å². The van der Waals surface area contributed by atoms with E-state index in [0.29, 0.717) is 12.8 Å². The molecule has 0 aromatic carbocycles. The molecule has 6 fully saturated rings. The van der Waals surface area contributed by atoms with Crippen molar-refractivity contribution in [1.82, 2.24) is 5.32 Å². The Kier molecular flexibility index (Phi) is 6.62. The maximum Gasteiger partial charge on any atom is 0.216 e. The number of ether oxygens (including phenoxy) is 3. The van der Waals surface area contributed by atoms with Crippen LogP contribution in [0.15, 0.2) is 0 Å². The van der Waals surface area contributed by atoms with Gasteiger partial charge in [-0.1, -0.05) is 0 Å². The van der Waals surface area contributed by atoms with Gasteiger partial charge in [0, 0.05) is 26.0 Å².